The number of nitrogens with zero attached hydrogens (tertiary/aromatic N) is 1. The fourth-order valence-electron chi connectivity index (χ4n) is 4.14. The molecule has 1 N–H and O–H groups in total. The summed E-state index contributed by atoms with van der Waals surface area (Å²) in [4.78, 5) is 25.9. The van der Waals surface area contributed by atoms with Crippen LogP contribution in [-0.2, 0) is 20.7 Å². The molecule has 0 saturated heterocycles. The Morgan fingerprint density at radius 3 is 2.30 bits per heavy atom. The number of ether oxygens (including phenoxy) is 3. The predicted octanol–water partition coefficient (Wildman–Crippen LogP) is 5.31. The third-order valence-corrected chi connectivity index (χ3v) is 6.33. The molecule has 0 aliphatic heterocycles. The summed E-state index contributed by atoms with van der Waals surface area (Å²) in [6.07, 6.45) is 6.69. The molecule has 1 aliphatic carbocycles. The van der Waals surface area contributed by atoms with Crippen molar-refractivity contribution in [3.8, 4) is 5.75 Å². The first-order valence-electron chi connectivity index (χ1n) is 12.5. The van der Waals surface area contributed by atoms with E-state index in [4.69, 9.17) is 14.2 Å². The van der Waals surface area contributed by atoms with E-state index in [1.807, 2.05) is 24.3 Å². The van der Waals surface area contributed by atoms with Crippen molar-refractivity contribution in [3.05, 3.63) is 29.8 Å². The Bertz CT molecular complexity index is 697. The minimum atomic E-state index is -0.963. The summed E-state index contributed by atoms with van der Waals surface area (Å²) in [5, 5.41) is 9.24. The van der Waals surface area contributed by atoms with Gasteiger partial charge in [0.05, 0.1) is 6.54 Å². The summed E-state index contributed by atoms with van der Waals surface area (Å²) >= 11 is 0. The number of rotatable bonds is 14. The number of carboxylic acid groups (broad SMARTS) is 1. The molecule has 7 nitrogen and oxygen atoms in total. The molecule has 1 aliphatic rings. The SMILES string of the molecule is CCOC(Cc1ccc(OCCN(CC(CC)CC)C(=O)OC2CCCCC2)cc1)C(=O)O. The first-order valence-corrected chi connectivity index (χ1v) is 12.5. The number of carbonyl (C=O) groups is 2. The molecule has 1 amide bonds. The van der Waals surface area contributed by atoms with Crippen molar-refractivity contribution in [3.63, 3.8) is 0 Å². The number of benzene rings is 1. The van der Waals surface area contributed by atoms with Crippen molar-refractivity contribution < 1.29 is 28.9 Å². The van der Waals surface area contributed by atoms with Gasteiger partial charge in [-0.1, -0.05) is 45.2 Å². The van der Waals surface area contributed by atoms with E-state index in [0.29, 0.717) is 44.4 Å². The van der Waals surface area contributed by atoms with Gasteiger partial charge < -0.3 is 24.2 Å². The van der Waals surface area contributed by atoms with Gasteiger partial charge in [0.25, 0.3) is 0 Å². The van der Waals surface area contributed by atoms with Crippen LogP contribution >= 0.6 is 0 Å². The van der Waals surface area contributed by atoms with E-state index in [0.717, 1.165) is 44.1 Å². The zero-order chi connectivity index (χ0) is 24.1. The molecule has 0 aromatic heterocycles. The maximum Gasteiger partial charge on any atom is 0.410 e. The molecule has 1 fully saturated rings. The van der Waals surface area contributed by atoms with E-state index < -0.39 is 12.1 Å². The van der Waals surface area contributed by atoms with Crippen LogP contribution in [0.1, 0.15) is 71.3 Å². The van der Waals surface area contributed by atoms with Crippen LogP contribution < -0.4 is 4.74 Å². The molecule has 7 heteroatoms. The van der Waals surface area contributed by atoms with Crippen molar-refractivity contribution >= 4 is 12.1 Å². The van der Waals surface area contributed by atoms with Gasteiger partial charge in [-0.05, 0) is 56.2 Å². The number of hydrogen-bond donors (Lipinski definition) is 1. The maximum atomic E-state index is 12.9. The van der Waals surface area contributed by atoms with Gasteiger partial charge in [-0.2, -0.15) is 0 Å². The van der Waals surface area contributed by atoms with Crippen molar-refractivity contribution in [1.82, 2.24) is 4.90 Å². The summed E-state index contributed by atoms with van der Waals surface area (Å²) in [6, 6.07) is 7.35. The Morgan fingerprint density at radius 1 is 1.06 bits per heavy atom. The molecule has 1 aromatic rings. The highest BCUT2D eigenvalue weighted by Crippen LogP contribution is 2.22. The topological polar surface area (TPSA) is 85.3 Å². The number of hydrogen-bond acceptors (Lipinski definition) is 5. The molecular formula is C26H41NO6. The zero-order valence-electron chi connectivity index (χ0n) is 20.5. The Hall–Kier alpha value is -2.28. The van der Waals surface area contributed by atoms with E-state index in [9.17, 15) is 14.7 Å². The Labute approximate surface area is 198 Å². The van der Waals surface area contributed by atoms with Crippen molar-refractivity contribution in [2.24, 2.45) is 5.92 Å². The van der Waals surface area contributed by atoms with Gasteiger partial charge in [0.15, 0.2) is 6.10 Å². The first kappa shape index (κ1) is 27.0. The van der Waals surface area contributed by atoms with E-state index in [-0.39, 0.29) is 12.2 Å². The van der Waals surface area contributed by atoms with Gasteiger partial charge in [-0.15, -0.1) is 0 Å². The molecular weight excluding hydrogens is 422 g/mol. The van der Waals surface area contributed by atoms with Crippen LogP contribution in [0.3, 0.4) is 0 Å². The fourth-order valence-corrected chi connectivity index (χ4v) is 4.14. The molecule has 1 saturated carbocycles. The van der Waals surface area contributed by atoms with Crippen LogP contribution in [-0.4, -0.2) is 60.6 Å². The largest absolute Gasteiger partial charge is 0.492 e. The summed E-state index contributed by atoms with van der Waals surface area (Å²) in [5.41, 5.74) is 0.870. The Morgan fingerprint density at radius 2 is 1.73 bits per heavy atom. The number of carboxylic acids is 1. The average molecular weight is 464 g/mol. The minimum Gasteiger partial charge on any atom is -0.492 e. The smallest absolute Gasteiger partial charge is 0.410 e. The summed E-state index contributed by atoms with van der Waals surface area (Å²) in [5.74, 6) is 0.163. The van der Waals surface area contributed by atoms with Crippen molar-refractivity contribution in [2.75, 3.05) is 26.3 Å². The third-order valence-electron chi connectivity index (χ3n) is 6.33. The van der Waals surface area contributed by atoms with Crippen LogP contribution in [0.25, 0.3) is 0 Å². The van der Waals surface area contributed by atoms with Gasteiger partial charge in [-0.3, -0.25) is 0 Å². The molecule has 0 spiro atoms. The van der Waals surface area contributed by atoms with E-state index in [2.05, 4.69) is 13.8 Å². The standard InChI is InChI=1S/C26H41NO6/c1-4-20(5-2)19-27(26(30)33-23-10-8-7-9-11-23)16-17-32-22-14-12-21(13-15-22)18-24(25(28)29)31-6-3/h12-15,20,23-24H,4-11,16-19H2,1-3H3,(H,28,29). The second kappa shape index (κ2) is 14.8. The minimum absolute atomic E-state index is 0.0373. The molecule has 0 radical (unpaired) electrons. The highest BCUT2D eigenvalue weighted by molar-refractivity contribution is 5.72. The molecule has 0 heterocycles. The van der Waals surface area contributed by atoms with Crippen LogP contribution in [0.2, 0.25) is 0 Å². The quantitative estimate of drug-likeness (QED) is 0.403. The summed E-state index contributed by atoms with van der Waals surface area (Å²) < 4.78 is 17.0. The molecule has 0 bridgehead atoms. The number of aliphatic carboxylic acids is 1. The highest BCUT2D eigenvalue weighted by Gasteiger charge is 2.24. The van der Waals surface area contributed by atoms with Crippen molar-refractivity contribution in [2.45, 2.75) is 84.3 Å². The zero-order valence-corrected chi connectivity index (χ0v) is 20.5. The van der Waals surface area contributed by atoms with Gasteiger partial charge in [0, 0.05) is 19.6 Å². The maximum absolute atomic E-state index is 12.9. The highest BCUT2D eigenvalue weighted by atomic mass is 16.6. The van der Waals surface area contributed by atoms with Crippen LogP contribution in [0.4, 0.5) is 4.79 Å². The predicted molar refractivity (Wildman–Crippen MR) is 128 cm³/mol. The van der Waals surface area contributed by atoms with E-state index in [1.165, 1.54) is 6.42 Å². The third kappa shape index (κ3) is 9.62. The van der Waals surface area contributed by atoms with E-state index in [1.54, 1.807) is 11.8 Å². The molecule has 33 heavy (non-hydrogen) atoms. The lowest BCUT2D eigenvalue weighted by Crippen LogP contribution is -2.40. The normalized spacial score (nSPS) is 15.3. The van der Waals surface area contributed by atoms with Gasteiger partial charge in [0.2, 0.25) is 0 Å². The monoisotopic (exact) mass is 463 g/mol. The fraction of sp³-hybridized carbons (Fsp3) is 0.692. The Balaban J connectivity index is 1.89. The second-order valence-corrected chi connectivity index (χ2v) is 8.75. The van der Waals surface area contributed by atoms with Crippen LogP contribution in [0, 0.1) is 5.92 Å². The number of carbonyl (C=O) groups excluding carboxylic acids is 1. The molecule has 1 atom stereocenters. The van der Waals surface area contributed by atoms with E-state index >= 15 is 0 Å². The Kier molecular flexibility index (Phi) is 12.1. The molecule has 186 valence electrons. The van der Waals surface area contributed by atoms with Gasteiger partial charge in [0.1, 0.15) is 18.5 Å². The van der Waals surface area contributed by atoms with Crippen LogP contribution in [0.5, 0.6) is 5.75 Å². The average Bonchev–Trinajstić information content (AvgIpc) is 2.82. The first-order chi connectivity index (χ1) is 16.0. The molecule has 2 rings (SSSR count). The van der Waals surface area contributed by atoms with Crippen molar-refractivity contribution in [1.29, 1.82) is 0 Å². The lowest BCUT2D eigenvalue weighted by molar-refractivity contribution is -0.149. The van der Waals surface area contributed by atoms with Gasteiger partial charge in [-0.25, -0.2) is 9.59 Å². The summed E-state index contributed by atoms with van der Waals surface area (Å²) in [7, 11) is 0. The van der Waals surface area contributed by atoms with Gasteiger partial charge >= 0.3 is 12.1 Å². The lowest BCUT2D eigenvalue weighted by Gasteiger charge is -2.29. The number of amides is 1. The summed E-state index contributed by atoms with van der Waals surface area (Å²) in [6.45, 7) is 7.95. The molecule has 1 aromatic carbocycles. The second-order valence-electron chi connectivity index (χ2n) is 8.75. The molecule has 1 unspecified atom stereocenters. The lowest BCUT2D eigenvalue weighted by atomic mass is 9.98. The van der Waals surface area contributed by atoms with Crippen LogP contribution in [0.15, 0.2) is 24.3 Å².